The maximum Gasteiger partial charge on any atom is 0.328 e. The molecule has 0 N–H and O–H groups in total. The molecule has 2 heterocycles. The van der Waals surface area contributed by atoms with Crippen LogP contribution >= 0.6 is 0 Å². The first-order valence-corrected chi connectivity index (χ1v) is 10.1. The molecule has 1 aliphatic heterocycles. The van der Waals surface area contributed by atoms with E-state index in [9.17, 15) is 9.59 Å². The minimum Gasteiger partial charge on any atom is -0.488 e. The number of ether oxygens (including phenoxy) is 2. The van der Waals surface area contributed by atoms with Crippen molar-refractivity contribution in [2.24, 2.45) is 0 Å². The maximum absolute atomic E-state index is 13.5. The zero-order chi connectivity index (χ0) is 22.0. The fourth-order valence-electron chi connectivity index (χ4n) is 3.82. The first kappa shape index (κ1) is 20.7. The van der Waals surface area contributed by atoms with E-state index in [1.807, 2.05) is 55.5 Å². The van der Waals surface area contributed by atoms with E-state index < -0.39 is 12.0 Å². The molecule has 0 fully saturated rings. The topological polar surface area (TPSA) is 81.9 Å². The second kappa shape index (κ2) is 8.63. The van der Waals surface area contributed by atoms with Gasteiger partial charge in [-0.25, -0.2) is 4.79 Å². The van der Waals surface area contributed by atoms with Gasteiger partial charge in [-0.05, 0) is 36.6 Å². The molecule has 2 aromatic carbocycles. The summed E-state index contributed by atoms with van der Waals surface area (Å²) in [5.41, 5.74) is 3.73. The van der Waals surface area contributed by atoms with Crippen LogP contribution in [0.25, 0.3) is 0 Å². The van der Waals surface area contributed by atoms with Crippen LogP contribution in [0.1, 0.15) is 38.5 Å². The molecule has 160 valence electrons. The molecule has 0 bridgehead atoms. The van der Waals surface area contributed by atoms with Crippen LogP contribution < -0.4 is 4.74 Å². The number of carbonyl (C=O) groups excluding carboxylic acids is 2. The van der Waals surface area contributed by atoms with Crippen molar-refractivity contribution in [3.05, 3.63) is 82.2 Å². The highest BCUT2D eigenvalue weighted by molar-refractivity contribution is 5.96. The fourth-order valence-corrected chi connectivity index (χ4v) is 3.82. The number of aromatic nitrogens is 1. The number of methoxy groups -OCH3 is 1. The SMILES string of the molecule is COC(=O)C1Cc2ccccc2CN1C(=O)c1noc(C)c1COc1ccccc1C. The Labute approximate surface area is 180 Å². The van der Waals surface area contributed by atoms with Gasteiger partial charge in [0.15, 0.2) is 5.69 Å². The molecule has 1 atom stereocenters. The predicted molar refractivity (Wildman–Crippen MR) is 113 cm³/mol. The first-order chi connectivity index (χ1) is 15.0. The number of hydrogen-bond donors (Lipinski definition) is 0. The number of esters is 1. The van der Waals surface area contributed by atoms with Crippen molar-refractivity contribution in [2.45, 2.75) is 39.5 Å². The molecule has 1 aliphatic rings. The number of rotatable bonds is 5. The number of benzene rings is 2. The fraction of sp³-hybridized carbons (Fsp3) is 0.292. The van der Waals surface area contributed by atoms with Gasteiger partial charge in [0.05, 0.1) is 12.7 Å². The lowest BCUT2D eigenvalue weighted by molar-refractivity contribution is -0.146. The van der Waals surface area contributed by atoms with E-state index in [2.05, 4.69) is 5.16 Å². The van der Waals surface area contributed by atoms with Gasteiger partial charge in [0.25, 0.3) is 5.91 Å². The molecular formula is C24H24N2O5. The Morgan fingerprint density at radius 3 is 2.55 bits per heavy atom. The summed E-state index contributed by atoms with van der Waals surface area (Å²) in [5.74, 6) is 0.385. The van der Waals surface area contributed by atoms with E-state index in [0.717, 1.165) is 22.4 Å². The highest BCUT2D eigenvalue weighted by Gasteiger charge is 2.38. The van der Waals surface area contributed by atoms with Crippen LogP contribution in [-0.4, -0.2) is 35.1 Å². The van der Waals surface area contributed by atoms with Crippen molar-refractivity contribution in [3.63, 3.8) is 0 Å². The summed E-state index contributed by atoms with van der Waals surface area (Å²) in [4.78, 5) is 27.5. The second-order valence-electron chi connectivity index (χ2n) is 7.56. The van der Waals surface area contributed by atoms with E-state index in [4.69, 9.17) is 14.0 Å². The number of para-hydroxylation sites is 1. The molecule has 1 amide bonds. The van der Waals surface area contributed by atoms with Gasteiger partial charge in [-0.3, -0.25) is 4.79 Å². The van der Waals surface area contributed by atoms with Gasteiger partial charge < -0.3 is 18.9 Å². The van der Waals surface area contributed by atoms with Crippen molar-refractivity contribution >= 4 is 11.9 Å². The highest BCUT2D eigenvalue weighted by Crippen LogP contribution is 2.28. The third-order valence-corrected chi connectivity index (χ3v) is 5.64. The van der Waals surface area contributed by atoms with Crippen LogP contribution in [0.15, 0.2) is 53.1 Å². The van der Waals surface area contributed by atoms with Gasteiger partial charge in [-0.2, -0.15) is 0 Å². The van der Waals surface area contributed by atoms with Crippen molar-refractivity contribution < 1.29 is 23.6 Å². The van der Waals surface area contributed by atoms with Gasteiger partial charge in [0.1, 0.15) is 24.2 Å². The molecular weight excluding hydrogens is 396 g/mol. The van der Waals surface area contributed by atoms with Crippen LogP contribution in [0.3, 0.4) is 0 Å². The average molecular weight is 420 g/mol. The van der Waals surface area contributed by atoms with Crippen LogP contribution in [-0.2, 0) is 29.1 Å². The Bertz CT molecular complexity index is 1120. The molecule has 0 spiro atoms. The van der Waals surface area contributed by atoms with Gasteiger partial charge in [0.2, 0.25) is 0 Å². The van der Waals surface area contributed by atoms with Gasteiger partial charge in [-0.1, -0.05) is 47.6 Å². The molecule has 1 aromatic heterocycles. The lowest BCUT2D eigenvalue weighted by Crippen LogP contribution is -2.49. The number of fused-ring (bicyclic) bond motifs is 1. The quantitative estimate of drug-likeness (QED) is 0.587. The number of nitrogens with zero attached hydrogens (tertiary/aromatic N) is 2. The number of amides is 1. The number of carbonyl (C=O) groups is 2. The zero-order valence-corrected chi connectivity index (χ0v) is 17.8. The molecule has 7 heteroatoms. The largest absolute Gasteiger partial charge is 0.488 e. The van der Waals surface area contributed by atoms with E-state index >= 15 is 0 Å². The Balaban J connectivity index is 1.62. The lowest BCUT2D eigenvalue weighted by Gasteiger charge is -2.34. The third kappa shape index (κ3) is 4.03. The lowest BCUT2D eigenvalue weighted by atomic mass is 9.93. The molecule has 1 unspecified atom stereocenters. The van der Waals surface area contributed by atoms with Gasteiger partial charge in [-0.15, -0.1) is 0 Å². The molecule has 4 rings (SSSR count). The molecule has 0 aliphatic carbocycles. The Kier molecular flexibility index (Phi) is 5.75. The Hall–Kier alpha value is -3.61. The monoisotopic (exact) mass is 420 g/mol. The van der Waals surface area contributed by atoms with E-state index in [0.29, 0.717) is 24.3 Å². The molecule has 0 saturated heterocycles. The smallest absolute Gasteiger partial charge is 0.328 e. The normalized spacial score (nSPS) is 15.3. The van der Waals surface area contributed by atoms with Crippen molar-refractivity contribution in [1.29, 1.82) is 0 Å². The molecule has 0 saturated carbocycles. The average Bonchev–Trinajstić information content (AvgIpc) is 3.16. The summed E-state index contributed by atoms with van der Waals surface area (Å²) in [6, 6.07) is 14.7. The van der Waals surface area contributed by atoms with Crippen LogP contribution in [0, 0.1) is 13.8 Å². The summed E-state index contributed by atoms with van der Waals surface area (Å²) in [5, 5.41) is 4.00. The van der Waals surface area contributed by atoms with E-state index in [1.165, 1.54) is 12.0 Å². The Morgan fingerprint density at radius 2 is 1.81 bits per heavy atom. The van der Waals surface area contributed by atoms with Gasteiger partial charge >= 0.3 is 5.97 Å². The first-order valence-electron chi connectivity index (χ1n) is 10.1. The van der Waals surface area contributed by atoms with E-state index in [1.54, 1.807) is 6.92 Å². The molecule has 0 radical (unpaired) electrons. The molecule has 31 heavy (non-hydrogen) atoms. The standard InChI is InChI=1S/C24H24N2O5/c1-15-8-4-7-11-21(15)30-14-19-16(2)31-25-22(19)23(27)26-13-18-10-6-5-9-17(18)12-20(26)24(28)29-3/h4-11,20H,12-14H2,1-3H3. The molecule has 7 nitrogen and oxygen atoms in total. The van der Waals surface area contributed by atoms with E-state index in [-0.39, 0.29) is 18.2 Å². The zero-order valence-electron chi connectivity index (χ0n) is 17.8. The molecule has 3 aromatic rings. The second-order valence-corrected chi connectivity index (χ2v) is 7.56. The summed E-state index contributed by atoms with van der Waals surface area (Å²) in [6.07, 6.45) is 0.389. The van der Waals surface area contributed by atoms with Crippen LogP contribution in [0.4, 0.5) is 0 Å². The van der Waals surface area contributed by atoms with Crippen LogP contribution in [0.5, 0.6) is 5.75 Å². The summed E-state index contributed by atoms with van der Waals surface area (Å²) >= 11 is 0. The third-order valence-electron chi connectivity index (χ3n) is 5.64. The predicted octanol–water partition coefficient (Wildman–Crippen LogP) is 3.61. The van der Waals surface area contributed by atoms with Crippen molar-refractivity contribution in [1.82, 2.24) is 10.1 Å². The number of aryl methyl sites for hydroxylation is 2. The minimum absolute atomic E-state index is 0.134. The number of hydrogen-bond acceptors (Lipinski definition) is 6. The van der Waals surface area contributed by atoms with Crippen molar-refractivity contribution in [3.8, 4) is 5.75 Å². The summed E-state index contributed by atoms with van der Waals surface area (Å²) in [6.45, 7) is 4.12. The summed E-state index contributed by atoms with van der Waals surface area (Å²) < 4.78 is 16.2. The summed E-state index contributed by atoms with van der Waals surface area (Å²) in [7, 11) is 1.33. The maximum atomic E-state index is 13.5. The van der Waals surface area contributed by atoms with Crippen molar-refractivity contribution in [2.75, 3.05) is 7.11 Å². The Morgan fingerprint density at radius 1 is 1.10 bits per heavy atom. The van der Waals surface area contributed by atoms with Crippen LogP contribution in [0.2, 0.25) is 0 Å². The minimum atomic E-state index is -0.727. The van der Waals surface area contributed by atoms with Gasteiger partial charge in [0, 0.05) is 13.0 Å². The highest BCUT2D eigenvalue weighted by atomic mass is 16.5.